The molecular weight excluding hydrogens is 188 g/mol. The molecule has 0 amide bonds. The monoisotopic (exact) mass is 202 g/mol. The first-order valence-electron chi connectivity index (χ1n) is 5.15. The van der Waals surface area contributed by atoms with Crippen molar-refractivity contribution in [1.29, 1.82) is 0 Å². The Morgan fingerprint density at radius 3 is 2.87 bits per heavy atom. The highest BCUT2D eigenvalue weighted by molar-refractivity contribution is 5.39. The van der Waals surface area contributed by atoms with Gasteiger partial charge in [0.2, 0.25) is 0 Å². The van der Waals surface area contributed by atoms with Gasteiger partial charge >= 0.3 is 0 Å². The topological polar surface area (TPSA) is 56.2 Å². The van der Waals surface area contributed by atoms with Crippen LogP contribution in [0.15, 0.2) is 24.7 Å². The van der Waals surface area contributed by atoms with Gasteiger partial charge in [-0.2, -0.15) is 5.10 Å². The maximum Gasteiger partial charge on any atom is 0.154 e. The van der Waals surface area contributed by atoms with E-state index in [-0.39, 0.29) is 11.5 Å². The van der Waals surface area contributed by atoms with Gasteiger partial charge in [-0.3, -0.25) is 0 Å². The molecule has 15 heavy (non-hydrogen) atoms. The van der Waals surface area contributed by atoms with Gasteiger partial charge in [0.1, 0.15) is 0 Å². The van der Waals surface area contributed by atoms with Crippen LogP contribution in [-0.4, -0.2) is 20.6 Å². The average molecular weight is 202 g/mol. The van der Waals surface area contributed by atoms with Crippen molar-refractivity contribution >= 4 is 5.65 Å². The molecule has 4 nitrogen and oxygen atoms in total. The molecule has 2 aromatic heterocycles. The molecule has 4 heteroatoms. The molecule has 0 saturated heterocycles. The Morgan fingerprint density at radius 2 is 2.20 bits per heavy atom. The van der Waals surface area contributed by atoms with Crippen LogP contribution in [0, 0.1) is 5.41 Å². The van der Waals surface area contributed by atoms with Gasteiger partial charge < -0.3 is 5.73 Å². The molecule has 1 aliphatic carbocycles. The summed E-state index contributed by atoms with van der Waals surface area (Å²) in [6.07, 6.45) is 5.70. The molecule has 1 fully saturated rings. The van der Waals surface area contributed by atoms with Crippen LogP contribution < -0.4 is 5.73 Å². The third kappa shape index (κ3) is 1.11. The summed E-state index contributed by atoms with van der Waals surface area (Å²) < 4.78 is 1.80. The number of aromatic nitrogens is 3. The highest BCUT2D eigenvalue weighted by atomic mass is 15.2. The molecule has 2 N–H and O–H groups in total. The lowest BCUT2D eigenvalue weighted by atomic mass is 10.1. The fourth-order valence-corrected chi connectivity index (χ4v) is 2.30. The fraction of sp³-hybridized carbons (Fsp3) is 0.455. The van der Waals surface area contributed by atoms with E-state index in [0.717, 1.165) is 5.65 Å². The summed E-state index contributed by atoms with van der Waals surface area (Å²) >= 11 is 0. The Kier molecular flexibility index (Phi) is 1.52. The van der Waals surface area contributed by atoms with E-state index in [0.29, 0.717) is 5.92 Å². The van der Waals surface area contributed by atoms with Gasteiger partial charge in [-0.25, -0.2) is 9.50 Å². The number of nitrogens with two attached hydrogens (primary N) is 1. The molecule has 0 unspecified atom stereocenters. The summed E-state index contributed by atoms with van der Waals surface area (Å²) in [5, 5.41) is 4.18. The second-order valence-corrected chi connectivity index (χ2v) is 4.85. The van der Waals surface area contributed by atoms with Crippen LogP contribution in [-0.2, 0) is 0 Å². The predicted molar refractivity (Wildman–Crippen MR) is 57.5 cm³/mol. The molecule has 0 bridgehead atoms. The van der Waals surface area contributed by atoms with E-state index >= 15 is 0 Å². The van der Waals surface area contributed by atoms with Crippen LogP contribution >= 0.6 is 0 Å². The van der Waals surface area contributed by atoms with Crippen molar-refractivity contribution in [3.8, 4) is 0 Å². The Labute approximate surface area is 88.1 Å². The summed E-state index contributed by atoms with van der Waals surface area (Å²) in [5.74, 6) is 0.415. The number of fused-ring (bicyclic) bond motifs is 1. The Balaban J connectivity index is 2.06. The zero-order chi connectivity index (χ0) is 10.6. The lowest BCUT2D eigenvalue weighted by Gasteiger charge is -2.02. The highest BCUT2D eigenvalue weighted by Gasteiger charge is 2.56. The normalized spacial score (nSPS) is 28.2. The van der Waals surface area contributed by atoms with E-state index in [4.69, 9.17) is 5.73 Å². The molecule has 1 aliphatic rings. The highest BCUT2D eigenvalue weighted by Crippen LogP contribution is 2.56. The van der Waals surface area contributed by atoms with Crippen molar-refractivity contribution in [3.05, 3.63) is 30.2 Å². The van der Waals surface area contributed by atoms with Crippen molar-refractivity contribution in [2.75, 3.05) is 0 Å². The van der Waals surface area contributed by atoms with E-state index in [9.17, 15) is 0 Å². The molecule has 2 atom stereocenters. The van der Waals surface area contributed by atoms with Crippen molar-refractivity contribution < 1.29 is 0 Å². The molecular formula is C11H14N4. The van der Waals surface area contributed by atoms with E-state index in [1.54, 1.807) is 10.7 Å². The summed E-state index contributed by atoms with van der Waals surface area (Å²) in [5.41, 5.74) is 8.30. The first-order chi connectivity index (χ1) is 7.10. The second kappa shape index (κ2) is 2.58. The van der Waals surface area contributed by atoms with Crippen molar-refractivity contribution in [1.82, 2.24) is 14.6 Å². The van der Waals surface area contributed by atoms with Gasteiger partial charge in [0, 0.05) is 30.4 Å². The molecule has 78 valence electrons. The Morgan fingerprint density at radius 1 is 1.47 bits per heavy atom. The van der Waals surface area contributed by atoms with E-state index in [1.807, 2.05) is 18.5 Å². The van der Waals surface area contributed by atoms with Crippen LogP contribution in [0.4, 0.5) is 0 Å². The van der Waals surface area contributed by atoms with Crippen LogP contribution in [0.5, 0.6) is 0 Å². The van der Waals surface area contributed by atoms with Crippen molar-refractivity contribution in [2.45, 2.75) is 25.8 Å². The molecule has 1 saturated carbocycles. The minimum absolute atomic E-state index is 0.197. The van der Waals surface area contributed by atoms with Gasteiger partial charge in [0.05, 0.1) is 6.20 Å². The van der Waals surface area contributed by atoms with Gasteiger partial charge in [-0.1, -0.05) is 13.8 Å². The Hall–Kier alpha value is -1.42. The quantitative estimate of drug-likeness (QED) is 0.755. The third-order valence-electron chi connectivity index (χ3n) is 3.54. The zero-order valence-corrected chi connectivity index (χ0v) is 8.88. The largest absolute Gasteiger partial charge is 0.327 e. The second-order valence-electron chi connectivity index (χ2n) is 4.85. The summed E-state index contributed by atoms with van der Waals surface area (Å²) in [4.78, 5) is 4.35. The van der Waals surface area contributed by atoms with Gasteiger partial charge in [-0.05, 0) is 11.0 Å². The van der Waals surface area contributed by atoms with E-state index in [2.05, 4.69) is 23.9 Å². The minimum Gasteiger partial charge on any atom is -0.327 e. The standard InChI is InChI=1S/C11H14N4/c1-11(2)9(10(11)12)7-5-13-8-3-4-14-15(8)6-7/h3-6,9-10H,12H2,1-2H3/t9-,10-/m1/s1. The van der Waals surface area contributed by atoms with Crippen molar-refractivity contribution in [3.63, 3.8) is 0 Å². The van der Waals surface area contributed by atoms with Crippen LogP contribution in [0.2, 0.25) is 0 Å². The average Bonchev–Trinajstić information content (AvgIpc) is 2.62. The number of hydrogen-bond acceptors (Lipinski definition) is 3. The number of nitrogens with zero attached hydrogens (tertiary/aromatic N) is 3. The number of rotatable bonds is 1. The smallest absolute Gasteiger partial charge is 0.154 e. The molecule has 2 aromatic rings. The molecule has 2 heterocycles. The maximum atomic E-state index is 6.04. The molecule has 3 rings (SSSR count). The predicted octanol–water partition coefficient (Wildman–Crippen LogP) is 1.18. The van der Waals surface area contributed by atoms with Crippen molar-refractivity contribution in [2.24, 2.45) is 11.1 Å². The SMILES string of the molecule is CC1(C)[C@H](N)[C@H]1c1cnc2ccnn2c1. The lowest BCUT2D eigenvalue weighted by Crippen LogP contribution is -2.06. The van der Waals surface area contributed by atoms with Crippen LogP contribution in [0.25, 0.3) is 5.65 Å². The van der Waals surface area contributed by atoms with Gasteiger partial charge in [0.15, 0.2) is 5.65 Å². The first kappa shape index (κ1) is 8.85. The lowest BCUT2D eigenvalue weighted by molar-refractivity contribution is 0.597. The molecule has 0 aliphatic heterocycles. The molecule has 0 radical (unpaired) electrons. The summed E-state index contributed by atoms with van der Waals surface area (Å²) in [6, 6.07) is 2.13. The van der Waals surface area contributed by atoms with Gasteiger partial charge in [-0.15, -0.1) is 0 Å². The maximum absolute atomic E-state index is 6.04. The Bertz CT molecular complexity index is 514. The van der Waals surface area contributed by atoms with Crippen LogP contribution in [0.1, 0.15) is 25.3 Å². The zero-order valence-electron chi connectivity index (χ0n) is 8.88. The minimum atomic E-state index is 0.197. The van der Waals surface area contributed by atoms with Gasteiger partial charge in [0.25, 0.3) is 0 Å². The fourth-order valence-electron chi connectivity index (χ4n) is 2.30. The number of hydrogen-bond donors (Lipinski definition) is 1. The first-order valence-corrected chi connectivity index (χ1v) is 5.15. The van der Waals surface area contributed by atoms with E-state index in [1.165, 1.54) is 5.56 Å². The van der Waals surface area contributed by atoms with Crippen LogP contribution in [0.3, 0.4) is 0 Å². The third-order valence-corrected chi connectivity index (χ3v) is 3.54. The molecule has 0 aromatic carbocycles. The van der Waals surface area contributed by atoms with E-state index < -0.39 is 0 Å². The molecule has 0 spiro atoms. The summed E-state index contributed by atoms with van der Waals surface area (Å²) in [6.45, 7) is 4.38. The summed E-state index contributed by atoms with van der Waals surface area (Å²) in [7, 11) is 0.